The topological polar surface area (TPSA) is 38.3 Å². The molecule has 2 unspecified atom stereocenters. The first-order valence-corrected chi connectivity index (χ1v) is 7.20. The monoisotopic (exact) mass is 281 g/mol. The molecule has 4 heteroatoms. The van der Waals surface area contributed by atoms with E-state index in [1.807, 2.05) is 12.1 Å². The van der Waals surface area contributed by atoms with E-state index in [0.717, 1.165) is 24.9 Å². The van der Waals surface area contributed by atoms with Gasteiger partial charge in [-0.25, -0.2) is 0 Å². The Bertz CT molecular complexity index is 419. The molecular formula is C15H20ClNO2. The van der Waals surface area contributed by atoms with E-state index < -0.39 is 0 Å². The highest BCUT2D eigenvalue weighted by Crippen LogP contribution is 2.25. The van der Waals surface area contributed by atoms with Crippen LogP contribution in [-0.2, 0) is 9.53 Å². The molecule has 0 amide bonds. The second-order valence-corrected chi connectivity index (χ2v) is 5.68. The van der Waals surface area contributed by atoms with E-state index >= 15 is 0 Å². The standard InChI is InChI=1S/C15H20ClNO2/c1-11-3-2-4-14(9-11)19-15(18)10-17-13-7-5-12(16)6-8-13/h5-8,11,14,17H,2-4,9-10H2,1H3. The summed E-state index contributed by atoms with van der Waals surface area (Å²) in [6, 6.07) is 7.27. The van der Waals surface area contributed by atoms with Crippen molar-refractivity contribution in [1.29, 1.82) is 0 Å². The minimum atomic E-state index is -0.186. The molecule has 0 spiro atoms. The van der Waals surface area contributed by atoms with Crippen molar-refractivity contribution >= 4 is 23.3 Å². The van der Waals surface area contributed by atoms with Crippen molar-refractivity contribution in [2.45, 2.75) is 38.7 Å². The minimum absolute atomic E-state index is 0.100. The van der Waals surface area contributed by atoms with E-state index in [-0.39, 0.29) is 18.6 Å². The fraction of sp³-hybridized carbons (Fsp3) is 0.533. The quantitative estimate of drug-likeness (QED) is 0.852. The number of carbonyl (C=O) groups excluding carboxylic acids is 1. The molecule has 0 radical (unpaired) electrons. The summed E-state index contributed by atoms with van der Waals surface area (Å²) >= 11 is 5.80. The molecular weight excluding hydrogens is 262 g/mol. The Hall–Kier alpha value is -1.22. The average molecular weight is 282 g/mol. The second kappa shape index (κ2) is 6.80. The highest BCUT2D eigenvalue weighted by molar-refractivity contribution is 6.30. The third kappa shape index (κ3) is 4.75. The zero-order valence-corrected chi connectivity index (χ0v) is 12.0. The predicted octanol–water partition coefficient (Wildman–Crippen LogP) is 3.87. The van der Waals surface area contributed by atoms with Crippen LogP contribution in [-0.4, -0.2) is 18.6 Å². The van der Waals surface area contributed by atoms with Gasteiger partial charge in [-0.05, 0) is 49.4 Å². The predicted molar refractivity (Wildman–Crippen MR) is 77.5 cm³/mol. The molecule has 104 valence electrons. The van der Waals surface area contributed by atoms with Crippen LogP contribution < -0.4 is 5.32 Å². The van der Waals surface area contributed by atoms with Gasteiger partial charge in [0.1, 0.15) is 12.6 Å². The van der Waals surface area contributed by atoms with Gasteiger partial charge >= 0.3 is 5.97 Å². The first-order valence-electron chi connectivity index (χ1n) is 6.82. The van der Waals surface area contributed by atoms with Gasteiger partial charge < -0.3 is 10.1 Å². The van der Waals surface area contributed by atoms with Gasteiger partial charge in [-0.15, -0.1) is 0 Å². The van der Waals surface area contributed by atoms with E-state index in [9.17, 15) is 4.79 Å². The molecule has 1 aromatic carbocycles. The van der Waals surface area contributed by atoms with E-state index in [0.29, 0.717) is 10.9 Å². The van der Waals surface area contributed by atoms with Crippen LogP contribution >= 0.6 is 11.6 Å². The molecule has 0 aromatic heterocycles. The second-order valence-electron chi connectivity index (χ2n) is 5.24. The Labute approximate surface area is 119 Å². The lowest BCUT2D eigenvalue weighted by molar-refractivity contribution is -0.148. The number of hydrogen-bond acceptors (Lipinski definition) is 3. The highest BCUT2D eigenvalue weighted by Gasteiger charge is 2.21. The summed E-state index contributed by atoms with van der Waals surface area (Å²) in [6.07, 6.45) is 4.49. The molecule has 1 aliphatic rings. The highest BCUT2D eigenvalue weighted by atomic mass is 35.5. The Morgan fingerprint density at radius 1 is 1.37 bits per heavy atom. The first kappa shape index (κ1) is 14.2. The number of carbonyl (C=O) groups is 1. The lowest BCUT2D eigenvalue weighted by atomic mass is 9.89. The number of halogens is 1. The number of hydrogen-bond donors (Lipinski definition) is 1. The summed E-state index contributed by atoms with van der Waals surface area (Å²) in [6.45, 7) is 2.42. The number of esters is 1. The maximum absolute atomic E-state index is 11.7. The van der Waals surface area contributed by atoms with Gasteiger partial charge in [0.25, 0.3) is 0 Å². The lowest BCUT2D eigenvalue weighted by Gasteiger charge is -2.26. The van der Waals surface area contributed by atoms with E-state index in [4.69, 9.17) is 16.3 Å². The zero-order chi connectivity index (χ0) is 13.7. The van der Waals surface area contributed by atoms with Gasteiger partial charge in [0.05, 0.1) is 0 Å². The van der Waals surface area contributed by atoms with Crippen LogP contribution in [0.25, 0.3) is 0 Å². The van der Waals surface area contributed by atoms with E-state index in [1.165, 1.54) is 6.42 Å². The van der Waals surface area contributed by atoms with Gasteiger partial charge in [0.2, 0.25) is 0 Å². The Kier molecular flexibility index (Phi) is 5.08. The van der Waals surface area contributed by atoms with Crippen molar-refractivity contribution < 1.29 is 9.53 Å². The molecule has 1 saturated carbocycles. The van der Waals surface area contributed by atoms with E-state index in [1.54, 1.807) is 12.1 Å². The van der Waals surface area contributed by atoms with Gasteiger partial charge in [-0.1, -0.05) is 24.9 Å². The number of nitrogens with one attached hydrogen (secondary N) is 1. The van der Waals surface area contributed by atoms with Crippen LogP contribution in [0.3, 0.4) is 0 Å². The summed E-state index contributed by atoms with van der Waals surface area (Å²) in [5, 5.41) is 3.72. The third-order valence-corrected chi connectivity index (χ3v) is 3.72. The van der Waals surface area contributed by atoms with Gasteiger partial charge in [0.15, 0.2) is 0 Å². The summed E-state index contributed by atoms with van der Waals surface area (Å²) in [7, 11) is 0. The molecule has 1 N–H and O–H groups in total. The summed E-state index contributed by atoms with van der Waals surface area (Å²) in [5.41, 5.74) is 0.873. The first-order chi connectivity index (χ1) is 9.13. The maximum atomic E-state index is 11.7. The smallest absolute Gasteiger partial charge is 0.325 e. The van der Waals surface area contributed by atoms with Gasteiger partial charge in [-0.3, -0.25) is 4.79 Å². The number of benzene rings is 1. The van der Waals surface area contributed by atoms with Crippen molar-refractivity contribution in [2.24, 2.45) is 5.92 Å². The fourth-order valence-corrected chi connectivity index (χ4v) is 2.58. The van der Waals surface area contributed by atoms with Crippen LogP contribution in [0.15, 0.2) is 24.3 Å². The SMILES string of the molecule is CC1CCCC(OC(=O)CNc2ccc(Cl)cc2)C1. The number of anilines is 1. The van der Waals surface area contributed by atoms with Crippen LogP contribution in [0.4, 0.5) is 5.69 Å². The molecule has 3 nitrogen and oxygen atoms in total. The molecule has 1 fully saturated rings. The van der Waals surface area contributed by atoms with Crippen LogP contribution in [0.5, 0.6) is 0 Å². The van der Waals surface area contributed by atoms with Gasteiger partial charge in [-0.2, -0.15) is 0 Å². The summed E-state index contributed by atoms with van der Waals surface area (Å²) in [4.78, 5) is 11.7. The molecule has 1 aliphatic carbocycles. The van der Waals surface area contributed by atoms with Crippen molar-refractivity contribution in [1.82, 2.24) is 0 Å². The van der Waals surface area contributed by atoms with Gasteiger partial charge in [0, 0.05) is 10.7 Å². The van der Waals surface area contributed by atoms with Crippen LogP contribution in [0.1, 0.15) is 32.6 Å². The van der Waals surface area contributed by atoms with Crippen LogP contribution in [0.2, 0.25) is 5.02 Å². The zero-order valence-electron chi connectivity index (χ0n) is 11.2. The van der Waals surface area contributed by atoms with Crippen molar-refractivity contribution in [2.75, 3.05) is 11.9 Å². The average Bonchev–Trinajstić information content (AvgIpc) is 2.38. The fourth-order valence-electron chi connectivity index (χ4n) is 2.46. The van der Waals surface area contributed by atoms with E-state index in [2.05, 4.69) is 12.2 Å². The molecule has 0 saturated heterocycles. The molecule has 1 aromatic rings. The summed E-state index contributed by atoms with van der Waals surface area (Å²) < 4.78 is 5.48. The Morgan fingerprint density at radius 2 is 2.11 bits per heavy atom. The number of ether oxygens (including phenoxy) is 1. The third-order valence-electron chi connectivity index (χ3n) is 3.47. The normalized spacial score (nSPS) is 22.8. The molecule has 19 heavy (non-hydrogen) atoms. The molecule has 0 bridgehead atoms. The van der Waals surface area contributed by atoms with Crippen molar-refractivity contribution in [3.63, 3.8) is 0 Å². The molecule has 0 aliphatic heterocycles. The van der Waals surface area contributed by atoms with Crippen molar-refractivity contribution in [3.8, 4) is 0 Å². The maximum Gasteiger partial charge on any atom is 0.325 e. The largest absolute Gasteiger partial charge is 0.461 e. The Morgan fingerprint density at radius 3 is 2.79 bits per heavy atom. The molecule has 2 rings (SSSR count). The number of rotatable bonds is 4. The van der Waals surface area contributed by atoms with Crippen molar-refractivity contribution in [3.05, 3.63) is 29.3 Å². The summed E-state index contributed by atoms with van der Waals surface area (Å²) in [5.74, 6) is 0.477. The van der Waals surface area contributed by atoms with Crippen LogP contribution in [0, 0.1) is 5.92 Å². The Balaban J connectivity index is 1.73. The molecule has 0 heterocycles. The minimum Gasteiger partial charge on any atom is -0.461 e. The lowest BCUT2D eigenvalue weighted by Crippen LogP contribution is -2.27. The molecule has 2 atom stereocenters.